The molecule has 0 N–H and O–H groups in total. The summed E-state index contributed by atoms with van der Waals surface area (Å²) in [6.07, 6.45) is 0.958. The van der Waals surface area contributed by atoms with E-state index in [1.807, 2.05) is 11.8 Å². The first-order valence-corrected chi connectivity index (χ1v) is 9.20. The molecule has 2 aromatic heterocycles. The van der Waals surface area contributed by atoms with Gasteiger partial charge in [-0.05, 0) is 19.1 Å². The van der Waals surface area contributed by atoms with Crippen LogP contribution >= 0.6 is 0 Å². The van der Waals surface area contributed by atoms with Gasteiger partial charge in [-0.1, -0.05) is 0 Å². The summed E-state index contributed by atoms with van der Waals surface area (Å²) < 4.78 is 56.0. The second-order valence-corrected chi connectivity index (χ2v) is 6.84. The summed E-state index contributed by atoms with van der Waals surface area (Å²) in [5.74, 6) is -0.000738. The monoisotopic (exact) mass is 419 g/mol. The number of anilines is 1. The number of aromatic nitrogens is 4. The highest BCUT2D eigenvalue weighted by Crippen LogP contribution is 2.35. The Balaban J connectivity index is 1.59. The lowest BCUT2D eigenvalue weighted by Crippen LogP contribution is -2.35. The van der Waals surface area contributed by atoms with Gasteiger partial charge < -0.3 is 9.64 Å². The molecule has 10 heteroatoms. The molecule has 0 spiro atoms. The Morgan fingerprint density at radius 2 is 1.87 bits per heavy atom. The molecule has 1 aromatic carbocycles. The third-order valence-corrected chi connectivity index (χ3v) is 4.76. The van der Waals surface area contributed by atoms with Crippen LogP contribution in [0.4, 0.5) is 23.2 Å². The Hall–Kier alpha value is -3.30. The molecule has 0 bridgehead atoms. The van der Waals surface area contributed by atoms with Gasteiger partial charge in [-0.15, -0.1) is 0 Å². The summed E-state index contributed by atoms with van der Waals surface area (Å²) in [7, 11) is 0. The van der Waals surface area contributed by atoms with Gasteiger partial charge in [0.25, 0.3) is 0 Å². The summed E-state index contributed by atoms with van der Waals surface area (Å²) >= 11 is 0. The van der Waals surface area contributed by atoms with Crippen LogP contribution in [0.1, 0.15) is 24.2 Å². The highest BCUT2D eigenvalue weighted by Gasteiger charge is 2.30. The van der Waals surface area contributed by atoms with Crippen molar-refractivity contribution in [3.63, 3.8) is 0 Å². The lowest BCUT2D eigenvalue weighted by atomic mass is 9.98. The first kappa shape index (κ1) is 20.0. The smallest absolute Gasteiger partial charge is 0.422 e. The van der Waals surface area contributed by atoms with Crippen LogP contribution in [0.25, 0.3) is 11.6 Å². The maximum Gasteiger partial charge on any atom is 0.422 e. The first-order chi connectivity index (χ1) is 14.3. The van der Waals surface area contributed by atoms with Crippen molar-refractivity contribution in [3.8, 4) is 17.4 Å². The Morgan fingerprint density at radius 1 is 1.10 bits per heavy atom. The summed E-state index contributed by atoms with van der Waals surface area (Å²) in [4.78, 5) is 19.1. The van der Waals surface area contributed by atoms with E-state index in [1.54, 1.807) is 24.7 Å². The standard InChI is InChI=1S/C20H17F4N5O/c1-12-16-10-27-19(18-25-4-2-5-26-18)28-17(16)3-6-29(12)14-7-13(21)8-15(9-14)30-11-20(22,23)24/h2,4-5,7-10,12H,3,6,11H2,1H3. The number of halogens is 4. The molecule has 156 valence electrons. The minimum Gasteiger partial charge on any atom is -0.484 e. The first-order valence-electron chi connectivity index (χ1n) is 9.20. The van der Waals surface area contributed by atoms with E-state index in [-0.39, 0.29) is 11.8 Å². The SMILES string of the molecule is CC1c2cnc(-c3ncccn3)nc2CCN1c1cc(F)cc(OCC(F)(F)F)c1. The van der Waals surface area contributed by atoms with E-state index in [0.717, 1.165) is 17.3 Å². The van der Waals surface area contributed by atoms with Crippen molar-refractivity contribution in [1.29, 1.82) is 0 Å². The molecule has 0 radical (unpaired) electrons. The van der Waals surface area contributed by atoms with E-state index in [0.29, 0.717) is 30.3 Å². The van der Waals surface area contributed by atoms with E-state index >= 15 is 0 Å². The van der Waals surface area contributed by atoms with Crippen molar-refractivity contribution in [1.82, 2.24) is 19.9 Å². The largest absolute Gasteiger partial charge is 0.484 e. The van der Waals surface area contributed by atoms with Gasteiger partial charge in [-0.2, -0.15) is 13.2 Å². The van der Waals surface area contributed by atoms with Gasteiger partial charge in [0.2, 0.25) is 0 Å². The topological polar surface area (TPSA) is 64.0 Å². The number of benzene rings is 1. The van der Waals surface area contributed by atoms with Crippen LogP contribution in [0.5, 0.6) is 5.75 Å². The molecule has 1 aliphatic heterocycles. The van der Waals surface area contributed by atoms with E-state index in [9.17, 15) is 17.6 Å². The Morgan fingerprint density at radius 3 is 2.60 bits per heavy atom. The molecule has 0 saturated carbocycles. The highest BCUT2D eigenvalue weighted by molar-refractivity contribution is 5.55. The predicted molar refractivity (Wildman–Crippen MR) is 100 cm³/mol. The molecule has 3 heterocycles. The summed E-state index contributed by atoms with van der Waals surface area (Å²) in [5, 5.41) is 0. The zero-order valence-corrected chi connectivity index (χ0v) is 15.9. The summed E-state index contributed by atoms with van der Waals surface area (Å²) in [6, 6.07) is 5.11. The maximum absolute atomic E-state index is 14.0. The van der Waals surface area contributed by atoms with Crippen LogP contribution in [0.15, 0.2) is 42.9 Å². The normalized spacial score (nSPS) is 16.3. The lowest BCUT2D eigenvalue weighted by molar-refractivity contribution is -0.153. The number of rotatable bonds is 4. The van der Waals surface area contributed by atoms with Crippen LogP contribution in [0.3, 0.4) is 0 Å². The third-order valence-electron chi connectivity index (χ3n) is 4.76. The molecular weight excluding hydrogens is 402 g/mol. The van der Waals surface area contributed by atoms with Crippen molar-refractivity contribution >= 4 is 5.69 Å². The van der Waals surface area contributed by atoms with Crippen molar-refractivity contribution < 1.29 is 22.3 Å². The quantitative estimate of drug-likeness (QED) is 0.593. The zero-order valence-electron chi connectivity index (χ0n) is 15.9. The predicted octanol–water partition coefficient (Wildman–Crippen LogP) is 4.14. The van der Waals surface area contributed by atoms with E-state index < -0.39 is 18.6 Å². The number of hydrogen-bond donors (Lipinski definition) is 0. The van der Waals surface area contributed by atoms with E-state index in [2.05, 4.69) is 19.9 Å². The molecule has 30 heavy (non-hydrogen) atoms. The molecule has 4 rings (SSSR count). The fourth-order valence-corrected chi connectivity index (χ4v) is 3.40. The number of nitrogens with zero attached hydrogens (tertiary/aromatic N) is 5. The summed E-state index contributed by atoms with van der Waals surface area (Å²) in [5.41, 5.74) is 2.12. The van der Waals surface area contributed by atoms with Crippen molar-refractivity contribution in [2.45, 2.75) is 25.6 Å². The number of fused-ring (bicyclic) bond motifs is 1. The van der Waals surface area contributed by atoms with Gasteiger partial charge >= 0.3 is 6.18 Å². The van der Waals surface area contributed by atoms with Crippen LogP contribution < -0.4 is 9.64 Å². The van der Waals surface area contributed by atoms with Crippen LogP contribution in [0, 0.1) is 5.82 Å². The van der Waals surface area contributed by atoms with Crippen LogP contribution in [-0.4, -0.2) is 39.3 Å². The lowest BCUT2D eigenvalue weighted by Gasteiger charge is -2.36. The fourth-order valence-electron chi connectivity index (χ4n) is 3.40. The minimum absolute atomic E-state index is 0.173. The van der Waals surface area contributed by atoms with E-state index in [4.69, 9.17) is 4.74 Å². The summed E-state index contributed by atoms with van der Waals surface area (Å²) in [6.45, 7) is 0.927. The molecule has 0 aliphatic carbocycles. The second kappa shape index (κ2) is 7.85. The molecule has 3 aromatic rings. The van der Waals surface area contributed by atoms with Gasteiger partial charge in [0, 0.05) is 54.9 Å². The maximum atomic E-state index is 14.0. The molecule has 6 nitrogen and oxygen atoms in total. The van der Waals surface area contributed by atoms with Gasteiger partial charge in [-0.25, -0.2) is 24.3 Å². The number of hydrogen-bond acceptors (Lipinski definition) is 6. The van der Waals surface area contributed by atoms with Gasteiger partial charge in [0.15, 0.2) is 18.3 Å². The van der Waals surface area contributed by atoms with Crippen molar-refractivity contribution in [3.05, 3.63) is 59.9 Å². The second-order valence-electron chi connectivity index (χ2n) is 6.84. The number of ether oxygens (including phenoxy) is 1. The molecule has 0 fully saturated rings. The highest BCUT2D eigenvalue weighted by atomic mass is 19.4. The molecule has 0 saturated heterocycles. The average molecular weight is 419 g/mol. The Labute approximate surface area is 169 Å². The molecule has 1 aliphatic rings. The van der Waals surface area contributed by atoms with Crippen molar-refractivity contribution in [2.75, 3.05) is 18.1 Å². The third kappa shape index (κ3) is 4.32. The molecule has 1 unspecified atom stereocenters. The van der Waals surface area contributed by atoms with Crippen LogP contribution in [0.2, 0.25) is 0 Å². The van der Waals surface area contributed by atoms with Gasteiger partial charge in [0.05, 0.1) is 11.7 Å². The minimum atomic E-state index is -4.50. The zero-order chi connectivity index (χ0) is 21.3. The Bertz CT molecular complexity index is 1050. The van der Waals surface area contributed by atoms with Gasteiger partial charge in [0.1, 0.15) is 11.6 Å². The number of alkyl halides is 3. The fraction of sp³-hybridized carbons (Fsp3) is 0.300. The molecular formula is C20H17F4N5O. The average Bonchev–Trinajstić information content (AvgIpc) is 2.72. The van der Waals surface area contributed by atoms with E-state index in [1.165, 1.54) is 12.1 Å². The van der Waals surface area contributed by atoms with Gasteiger partial charge in [-0.3, -0.25) is 0 Å². The van der Waals surface area contributed by atoms with Crippen LogP contribution in [-0.2, 0) is 6.42 Å². The molecule has 1 atom stereocenters. The molecule has 0 amide bonds. The van der Waals surface area contributed by atoms with Crippen molar-refractivity contribution in [2.24, 2.45) is 0 Å². The Kier molecular flexibility index (Phi) is 5.23.